The van der Waals surface area contributed by atoms with Gasteiger partial charge in [-0.1, -0.05) is 35.5 Å². The van der Waals surface area contributed by atoms with E-state index < -0.39 is 4.92 Å². The summed E-state index contributed by atoms with van der Waals surface area (Å²) in [7, 11) is 0. The van der Waals surface area contributed by atoms with Crippen molar-refractivity contribution in [2.24, 2.45) is 0 Å². The van der Waals surface area contributed by atoms with Gasteiger partial charge >= 0.3 is 0 Å². The number of nitro benzene ring substituents is 1. The van der Waals surface area contributed by atoms with E-state index in [0.717, 1.165) is 22.3 Å². The summed E-state index contributed by atoms with van der Waals surface area (Å²) in [6.07, 6.45) is 0. The summed E-state index contributed by atoms with van der Waals surface area (Å²) < 4.78 is 11.1. The van der Waals surface area contributed by atoms with Crippen LogP contribution in [0.1, 0.15) is 11.1 Å². The Kier molecular flexibility index (Phi) is 5.03. The van der Waals surface area contributed by atoms with Gasteiger partial charge in [0.1, 0.15) is 12.4 Å². The molecule has 4 rings (SSSR count). The number of rotatable bonds is 6. The Morgan fingerprint density at radius 3 is 2.59 bits per heavy atom. The summed E-state index contributed by atoms with van der Waals surface area (Å²) in [5, 5.41) is 14.9. The third kappa shape index (κ3) is 4.14. The summed E-state index contributed by atoms with van der Waals surface area (Å²) in [6, 6.07) is 21.5. The molecule has 0 radical (unpaired) electrons. The first-order chi connectivity index (χ1) is 14.1. The number of aromatic nitrogens is 2. The Morgan fingerprint density at radius 1 is 1.03 bits per heavy atom. The highest BCUT2D eigenvalue weighted by Crippen LogP contribution is 2.26. The lowest BCUT2D eigenvalue weighted by Gasteiger charge is -2.06. The van der Waals surface area contributed by atoms with E-state index in [1.807, 2.05) is 43.3 Å². The molecular formula is C22H17N3O4. The molecule has 0 aliphatic rings. The normalized spacial score (nSPS) is 10.7. The zero-order chi connectivity index (χ0) is 20.2. The van der Waals surface area contributed by atoms with Crippen LogP contribution in [-0.4, -0.2) is 15.1 Å². The van der Waals surface area contributed by atoms with Crippen LogP contribution in [0.3, 0.4) is 0 Å². The topological polar surface area (TPSA) is 91.3 Å². The number of nitro groups is 1. The van der Waals surface area contributed by atoms with Crippen LogP contribution in [0.4, 0.5) is 5.69 Å². The molecular weight excluding hydrogens is 370 g/mol. The molecule has 29 heavy (non-hydrogen) atoms. The predicted octanol–water partition coefficient (Wildman–Crippen LogP) is 5.20. The largest absolute Gasteiger partial charge is 0.489 e. The smallest absolute Gasteiger partial charge is 0.269 e. The van der Waals surface area contributed by atoms with Crippen molar-refractivity contribution in [3.05, 3.63) is 94.0 Å². The standard InChI is InChI=1S/C22H17N3O4/c1-15-5-2-3-8-20(15)22-23-21(24-29-22)17-9-11-19(12-10-17)28-14-16-6-4-7-18(13-16)25(26)27/h2-13H,14H2,1H3. The summed E-state index contributed by atoms with van der Waals surface area (Å²) in [4.78, 5) is 14.9. The van der Waals surface area contributed by atoms with Crippen LogP contribution < -0.4 is 4.74 Å². The molecule has 4 aromatic rings. The maximum atomic E-state index is 10.9. The Balaban J connectivity index is 1.45. The Morgan fingerprint density at radius 2 is 1.83 bits per heavy atom. The van der Waals surface area contributed by atoms with Crippen molar-refractivity contribution >= 4 is 5.69 Å². The van der Waals surface area contributed by atoms with Gasteiger partial charge in [-0.05, 0) is 48.4 Å². The summed E-state index contributed by atoms with van der Waals surface area (Å²) in [6.45, 7) is 2.23. The fraction of sp³-hybridized carbons (Fsp3) is 0.0909. The zero-order valence-electron chi connectivity index (χ0n) is 15.6. The van der Waals surface area contributed by atoms with E-state index in [1.165, 1.54) is 12.1 Å². The first-order valence-corrected chi connectivity index (χ1v) is 8.96. The van der Waals surface area contributed by atoms with E-state index in [2.05, 4.69) is 10.1 Å². The second-order valence-electron chi connectivity index (χ2n) is 6.48. The molecule has 7 nitrogen and oxygen atoms in total. The molecule has 0 spiro atoms. The maximum Gasteiger partial charge on any atom is 0.269 e. The van der Waals surface area contributed by atoms with Crippen LogP contribution in [0.25, 0.3) is 22.8 Å². The van der Waals surface area contributed by atoms with Crippen LogP contribution in [-0.2, 0) is 6.61 Å². The average Bonchev–Trinajstić information content (AvgIpc) is 3.23. The second kappa shape index (κ2) is 7.93. The second-order valence-corrected chi connectivity index (χ2v) is 6.48. The van der Waals surface area contributed by atoms with E-state index in [1.54, 1.807) is 24.3 Å². The van der Waals surface area contributed by atoms with E-state index in [0.29, 0.717) is 17.5 Å². The monoisotopic (exact) mass is 387 g/mol. The van der Waals surface area contributed by atoms with E-state index in [9.17, 15) is 10.1 Å². The molecule has 3 aromatic carbocycles. The van der Waals surface area contributed by atoms with Gasteiger partial charge in [0.05, 0.1) is 4.92 Å². The molecule has 0 fully saturated rings. The van der Waals surface area contributed by atoms with Crippen LogP contribution in [0.5, 0.6) is 5.75 Å². The van der Waals surface area contributed by atoms with Crippen molar-refractivity contribution in [3.63, 3.8) is 0 Å². The number of hydrogen-bond donors (Lipinski definition) is 0. The van der Waals surface area contributed by atoms with Gasteiger partial charge in [-0.3, -0.25) is 10.1 Å². The van der Waals surface area contributed by atoms with Gasteiger partial charge in [-0.2, -0.15) is 4.98 Å². The maximum absolute atomic E-state index is 10.9. The van der Waals surface area contributed by atoms with Crippen LogP contribution in [0.15, 0.2) is 77.3 Å². The Hall–Kier alpha value is -4.00. The highest BCUT2D eigenvalue weighted by molar-refractivity contribution is 5.62. The molecule has 0 unspecified atom stereocenters. The Labute approximate surface area is 166 Å². The molecule has 144 valence electrons. The molecule has 0 atom stereocenters. The van der Waals surface area contributed by atoms with Crippen molar-refractivity contribution < 1.29 is 14.2 Å². The van der Waals surface area contributed by atoms with Crippen molar-refractivity contribution in [2.75, 3.05) is 0 Å². The summed E-state index contributed by atoms with van der Waals surface area (Å²) in [5.41, 5.74) is 3.54. The van der Waals surface area contributed by atoms with Crippen molar-refractivity contribution in [1.29, 1.82) is 0 Å². The van der Waals surface area contributed by atoms with Crippen molar-refractivity contribution in [1.82, 2.24) is 10.1 Å². The van der Waals surface area contributed by atoms with Gasteiger partial charge in [-0.25, -0.2) is 0 Å². The average molecular weight is 387 g/mol. The van der Waals surface area contributed by atoms with E-state index in [-0.39, 0.29) is 12.3 Å². The first-order valence-electron chi connectivity index (χ1n) is 8.96. The number of aryl methyl sites for hydroxylation is 1. The highest BCUT2D eigenvalue weighted by Gasteiger charge is 2.12. The molecule has 0 saturated carbocycles. The van der Waals surface area contributed by atoms with Crippen molar-refractivity contribution in [2.45, 2.75) is 13.5 Å². The van der Waals surface area contributed by atoms with Gasteiger partial charge in [0, 0.05) is 23.3 Å². The SMILES string of the molecule is Cc1ccccc1-c1nc(-c2ccc(OCc3cccc([N+](=O)[O-])c3)cc2)no1. The fourth-order valence-electron chi connectivity index (χ4n) is 2.89. The molecule has 1 heterocycles. The number of ether oxygens (including phenoxy) is 1. The molecule has 7 heteroatoms. The highest BCUT2D eigenvalue weighted by atomic mass is 16.6. The molecule has 0 aliphatic carbocycles. The first kappa shape index (κ1) is 18.4. The molecule has 1 aromatic heterocycles. The predicted molar refractivity (Wildman–Crippen MR) is 107 cm³/mol. The van der Waals surface area contributed by atoms with Crippen molar-refractivity contribution in [3.8, 4) is 28.6 Å². The number of non-ortho nitro benzene ring substituents is 1. The number of benzene rings is 3. The summed E-state index contributed by atoms with van der Waals surface area (Å²) in [5.74, 6) is 1.61. The minimum atomic E-state index is -0.422. The van der Waals surface area contributed by atoms with Gasteiger partial charge < -0.3 is 9.26 Å². The lowest BCUT2D eigenvalue weighted by molar-refractivity contribution is -0.384. The quantitative estimate of drug-likeness (QED) is 0.334. The van der Waals surface area contributed by atoms with Crippen LogP contribution >= 0.6 is 0 Å². The van der Waals surface area contributed by atoms with Crippen LogP contribution in [0.2, 0.25) is 0 Å². The fourth-order valence-corrected chi connectivity index (χ4v) is 2.89. The van der Waals surface area contributed by atoms with Gasteiger partial charge in [-0.15, -0.1) is 0 Å². The lowest BCUT2D eigenvalue weighted by atomic mass is 10.1. The molecule has 0 bridgehead atoms. The number of hydrogen-bond acceptors (Lipinski definition) is 6. The minimum absolute atomic E-state index is 0.0445. The van der Waals surface area contributed by atoms with Gasteiger partial charge in [0.2, 0.25) is 5.82 Å². The van der Waals surface area contributed by atoms with Crippen LogP contribution in [0, 0.1) is 17.0 Å². The molecule has 0 saturated heterocycles. The third-order valence-electron chi connectivity index (χ3n) is 4.44. The molecule has 0 aliphatic heterocycles. The summed E-state index contributed by atoms with van der Waals surface area (Å²) >= 11 is 0. The lowest BCUT2D eigenvalue weighted by Crippen LogP contribution is -1.97. The van der Waals surface area contributed by atoms with Gasteiger partial charge in [0.25, 0.3) is 11.6 Å². The molecule has 0 amide bonds. The molecule has 0 N–H and O–H groups in total. The number of nitrogens with zero attached hydrogens (tertiary/aromatic N) is 3. The Bertz CT molecular complexity index is 1150. The van der Waals surface area contributed by atoms with E-state index in [4.69, 9.17) is 9.26 Å². The third-order valence-corrected chi connectivity index (χ3v) is 4.44. The van der Waals surface area contributed by atoms with E-state index >= 15 is 0 Å². The zero-order valence-corrected chi connectivity index (χ0v) is 15.6. The minimum Gasteiger partial charge on any atom is -0.489 e. The van der Waals surface area contributed by atoms with Gasteiger partial charge in [0.15, 0.2) is 0 Å².